The number of thioether (sulfide) groups is 1. The van der Waals surface area contributed by atoms with Crippen LogP contribution in [0.4, 0.5) is 0 Å². The molecule has 0 radical (unpaired) electrons. The molecule has 2 aliphatic rings. The van der Waals surface area contributed by atoms with Gasteiger partial charge in [-0.25, -0.2) is 0 Å². The Bertz CT molecular complexity index is 710. The zero-order valence-corrected chi connectivity index (χ0v) is 16.2. The van der Waals surface area contributed by atoms with Crippen molar-refractivity contribution in [1.82, 2.24) is 4.90 Å². The Morgan fingerprint density at radius 1 is 1.38 bits per heavy atom. The summed E-state index contributed by atoms with van der Waals surface area (Å²) in [6.45, 7) is 5.56. The van der Waals surface area contributed by atoms with E-state index in [9.17, 15) is 4.79 Å². The summed E-state index contributed by atoms with van der Waals surface area (Å²) in [5, 5.41) is 0.752. The Labute approximate surface area is 154 Å². The number of halogens is 1. The highest BCUT2D eigenvalue weighted by Crippen LogP contribution is 2.34. The largest absolute Gasteiger partial charge is 0.496 e. The van der Waals surface area contributed by atoms with E-state index in [0.29, 0.717) is 4.91 Å². The highest BCUT2D eigenvalue weighted by Gasteiger charge is 2.31. The highest BCUT2D eigenvalue weighted by molar-refractivity contribution is 9.10. The minimum Gasteiger partial charge on any atom is -0.496 e. The number of methoxy groups -OCH3 is 1. The average Bonchev–Trinajstić information content (AvgIpc) is 2.88. The van der Waals surface area contributed by atoms with Gasteiger partial charge in [0.1, 0.15) is 5.75 Å². The molecule has 24 heavy (non-hydrogen) atoms. The number of rotatable bonds is 2. The predicted molar refractivity (Wildman–Crippen MR) is 100 cm³/mol. The van der Waals surface area contributed by atoms with Crippen molar-refractivity contribution in [2.75, 3.05) is 20.2 Å². The third kappa shape index (κ3) is 3.84. The van der Waals surface area contributed by atoms with Crippen LogP contribution >= 0.6 is 27.7 Å². The maximum atomic E-state index is 12.3. The van der Waals surface area contributed by atoms with Crippen molar-refractivity contribution in [3.8, 4) is 5.75 Å². The Morgan fingerprint density at radius 3 is 2.75 bits per heavy atom. The summed E-state index contributed by atoms with van der Waals surface area (Å²) in [6.07, 6.45) is 2.09. The first-order chi connectivity index (χ1) is 11.5. The molecule has 1 aromatic carbocycles. The normalized spacial score (nSPS) is 26.0. The second-order valence-corrected chi connectivity index (χ2v) is 7.78. The Balaban J connectivity index is 1.81. The van der Waals surface area contributed by atoms with Gasteiger partial charge in [0, 0.05) is 23.1 Å². The number of aliphatic imine (C=N–C) groups is 1. The molecule has 1 saturated heterocycles. The molecule has 1 fully saturated rings. The summed E-state index contributed by atoms with van der Waals surface area (Å²) < 4.78 is 12.0. The lowest BCUT2D eigenvalue weighted by molar-refractivity contribution is -0.113. The van der Waals surface area contributed by atoms with E-state index in [0.717, 1.165) is 34.0 Å². The van der Waals surface area contributed by atoms with Crippen LogP contribution in [-0.2, 0) is 9.53 Å². The zero-order chi connectivity index (χ0) is 17.3. The number of nitrogens with zero attached hydrogens (tertiary/aromatic N) is 2. The SMILES string of the molecule is COc1ccc(Br)cc1C=C1SC(N2CC(C)OC(C)C2)=NC1=O. The molecule has 7 heteroatoms. The molecule has 2 unspecified atom stereocenters. The maximum absolute atomic E-state index is 12.3. The first-order valence-corrected chi connectivity index (χ1v) is 9.33. The zero-order valence-electron chi connectivity index (χ0n) is 13.8. The van der Waals surface area contributed by atoms with Crippen molar-refractivity contribution in [3.63, 3.8) is 0 Å². The van der Waals surface area contributed by atoms with Crippen LogP contribution in [0.15, 0.2) is 32.6 Å². The number of hydrogen-bond donors (Lipinski definition) is 0. The molecule has 0 aromatic heterocycles. The summed E-state index contributed by atoms with van der Waals surface area (Å²) in [7, 11) is 1.62. The molecule has 2 atom stereocenters. The number of carbonyl (C=O) groups is 1. The van der Waals surface area contributed by atoms with E-state index in [4.69, 9.17) is 9.47 Å². The van der Waals surface area contributed by atoms with Crippen LogP contribution in [0.1, 0.15) is 19.4 Å². The van der Waals surface area contributed by atoms with Crippen molar-refractivity contribution in [1.29, 1.82) is 0 Å². The maximum Gasteiger partial charge on any atom is 0.286 e. The van der Waals surface area contributed by atoms with Crippen LogP contribution in [0.3, 0.4) is 0 Å². The van der Waals surface area contributed by atoms with Crippen molar-refractivity contribution >= 4 is 44.8 Å². The van der Waals surface area contributed by atoms with Gasteiger partial charge >= 0.3 is 0 Å². The van der Waals surface area contributed by atoms with E-state index in [1.165, 1.54) is 11.8 Å². The Kier molecular flexibility index (Phi) is 5.32. The number of ether oxygens (including phenoxy) is 2. The molecule has 3 rings (SSSR count). The summed E-state index contributed by atoms with van der Waals surface area (Å²) in [5.41, 5.74) is 0.850. The molecule has 0 aliphatic carbocycles. The van der Waals surface area contributed by atoms with Crippen molar-refractivity contribution < 1.29 is 14.3 Å². The van der Waals surface area contributed by atoms with Gasteiger partial charge in [-0.05, 0) is 49.9 Å². The lowest BCUT2D eigenvalue weighted by Crippen LogP contribution is -2.47. The molecular weight excluding hydrogens is 392 g/mol. The lowest BCUT2D eigenvalue weighted by atomic mass is 10.2. The minimum absolute atomic E-state index is 0.130. The van der Waals surface area contributed by atoms with Crippen molar-refractivity contribution in [2.45, 2.75) is 26.1 Å². The van der Waals surface area contributed by atoms with Gasteiger partial charge < -0.3 is 14.4 Å². The number of amides is 1. The quantitative estimate of drug-likeness (QED) is 0.697. The monoisotopic (exact) mass is 410 g/mol. The minimum atomic E-state index is -0.205. The van der Waals surface area contributed by atoms with Gasteiger partial charge in [0.2, 0.25) is 0 Å². The summed E-state index contributed by atoms with van der Waals surface area (Å²) in [4.78, 5) is 19.2. The molecule has 2 heterocycles. The topological polar surface area (TPSA) is 51.1 Å². The van der Waals surface area contributed by atoms with E-state index >= 15 is 0 Å². The van der Waals surface area contributed by atoms with E-state index in [-0.39, 0.29) is 18.1 Å². The first-order valence-electron chi connectivity index (χ1n) is 7.72. The summed E-state index contributed by atoms with van der Waals surface area (Å²) in [6, 6.07) is 5.70. The molecule has 0 spiro atoms. The van der Waals surface area contributed by atoms with Crippen LogP contribution < -0.4 is 4.74 Å². The lowest BCUT2D eigenvalue weighted by Gasteiger charge is -2.35. The van der Waals surface area contributed by atoms with Crippen LogP contribution in [-0.4, -0.2) is 48.4 Å². The van der Waals surface area contributed by atoms with Crippen LogP contribution in [0.5, 0.6) is 5.75 Å². The van der Waals surface area contributed by atoms with E-state index < -0.39 is 0 Å². The van der Waals surface area contributed by atoms with Crippen LogP contribution in [0, 0.1) is 0 Å². The predicted octanol–water partition coefficient (Wildman–Crippen LogP) is 3.54. The Morgan fingerprint density at radius 2 is 2.08 bits per heavy atom. The average molecular weight is 411 g/mol. The van der Waals surface area contributed by atoms with Gasteiger partial charge in [0.25, 0.3) is 5.91 Å². The molecule has 1 amide bonds. The third-order valence-corrected chi connectivity index (χ3v) is 5.32. The molecular formula is C17H19BrN2O3S. The van der Waals surface area contributed by atoms with Crippen LogP contribution in [0.2, 0.25) is 0 Å². The van der Waals surface area contributed by atoms with E-state index in [1.807, 2.05) is 38.1 Å². The molecule has 128 valence electrons. The number of amidine groups is 1. The molecule has 2 aliphatic heterocycles. The number of morpholine rings is 1. The number of carbonyl (C=O) groups excluding carboxylic acids is 1. The second kappa shape index (κ2) is 7.29. The molecule has 0 bridgehead atoms. The van der Waals surface area contributed by atoms with E-state index in [2.05, 4.69) is 25.8 Å². The van der Waals surface area contributed by atoms with Crippen LogP contribution in [0.25, 0.3) is 6.08 Å². The van der Waals surface area contributed by atoms with Gasteiger partial charge in [0.15, 0.2) is 5.17 Å². The first kappa shape index (κ1) is 17.5. The fraction of sp³-hybridized carbons (Fsp3) is 0.412. The summed E-state index contributed by atoms with van der Waals surface area (Å²) >= 11 is 4.86. The Hall–Kier alpha value is -1.31. The van der Waals surface area contributed by atoms with Gasteiger partial charge in [-0.2, -0.15) is 4.99 Å². The van der Waals surface area contributed by atoms with Crippen molar-refractivity contribution in [2.24, 2.45) is 4.99 Å². The number of hydrogen-bond acceptors (Lipinski definition) is 5. The third-order valence-electron chi connectivity index (χ3n) is 3.78. The summed E-state index contributed by atoms with van der Waals surface area (Å²) in [5.74, 6) is 0.519. The molecule has 0 saturated carbocycles. The molecule has 5 nitrogen and oxygen atoms in total. The van der Waals surface area contributed by atoms with Gasteiger partial charge in [-0.1, -0.05) is 15.9 Å². The van der Waals surface area contributed by atoms with Crippen molar-refractivity contribution in [3.05, 3.63) is 33.1 Å². The molecule has 1 aromatic rings. The fourth-order valence-electron chi connectivity index (χ4n) is 2.83. The van der Waals surface area contributed by atoms with Gasteiger partial charge in [0.05, 0.1) is 24.2 Å². The van der Waals surface area contributed by atoms with Gasteiger partial charge in [-0.15, -0.1) is 0 Å². The van der Waals surface area contributed by atoms with E-state index in [1.54, 1.807) is 7.11 Å². The second-order valence-electron chi connectivity index (χ2n) is 5.86. The van der Waals surface area contributed by atoms with Gasteiger partial charge in [-0.3, -0.25) is 4.79 Å². The smallest absolute Gasteiger partial charge is 0.286 e. The standard InChI is InChI=1S/C17H19BrN2O3S/c1-10-8-20(9-11(2)23-10)17-19-16(21)15(24-17)7-12-6-13(18)4-5-14(12)22-3/h4-7,10-11H,8-9H2,1-3H3. The fourth-order valence-corrected chi connectivity index (χ4v) is 4.13. The number of benzene rings is 1. The molecule has 0 N–H and O–H groups in total. The highest BCUT2D eigenvalue weighted by atomic mass is 79.9.